The molecule has 0 radical (unpaired) electrons. The summed E-state index contributed by atoms with van der Waals surface area (Å²) in [6, 6.07) is -1.19. The molecule has 8 N–H and O–H groups in total. The van der Waals surface area contributed by atoms with Crippen molar-refractivity contribution in [1.29, 1.82) is 0 Å². The fourth-order valence-corrected chi connectivity index (χ4v) is 10.5. The second-order valence-electron chi connectivity index (χ2n) is 22.8. The number of amides is 1. The third-order valence-corrected chi connectivity index (χ3v) is 15.7. The molecule has 9 atom stereocenters. The minimum Gasteiger partial charge on any atom is -0.394 e. The average Bonchev–Trinajstić information content (AvgIpc) is 3.41. The van der Waals surface area contributed by atoms with Gasteiger partial charge >= 0.3 is 0 Å². The standard InChI is InChI=1S/C64H123NO10/c1-3-5-7-9-11-13-15-17-19-21-23-24-25-26-27-28-29-30-31-32-33-34-36-38-40-42-44-46-48-50-52-57(68)63(73)65-55(54-74-64-62(72)61(71)60(70)58(53-66)75-64)59(69)56(67)51-49-47-45-43-41-39-37-35-22-20-18-16-14-12-10-8-6-4-2/h35,37,43,45,55-62,64,66-72H,3-34,36,38-42,44,46-54H2,1-2H3,(H,65,73)/b37-35+,45-43+. The van der Waals surface area contributed by atoms with E-state index in [4.69, 9.17) is 9.47 Å². The van der Waals surface area contributed by atoms with Gasteiger partial charge < -0.3 is 50.5 Å². The molecule has 75 heavy (non-hydrogen) atoms. The molecule has 0 aromatic rings. The molecular formula is C64H123NO10. The Hall–Kier alpha value is -1.41. The van der Waals surface area contributed by atoms with E-state index in [2.05, 4.69) is 43.5 Å². The fourth-order valence-electron chi connectivity index (χ4n) is 10.5. The molecule has 11 heteroatoms. The molecule has 0 aromatic heterocycles. The maximum absolute atomic E-state index is 13.2. The predicted molar refractivity (Wildman–Crippen MR) is 312 cm³/mol. The number of unbranched alkanes of at least 4 members (excludes halogenated alkanes) is 40. The molecule has 0 aromatic carbocycles. The molecule has 0 saturated carbocycles. The van der Waals surface area contributed by atoms with E-state index >= 15 is 0 Å². The highest BCUT2D eigenvalue weighted by Crippen LogP contribution is 2.24. The van der Waals surface area contributed by atoms with Crippen LogP contribution in [0.5, 0.6) is 0 Å². The molecule has 9 unspecified atom stereocenters. The SMILES string of the molecule is CCCCCCCCCCC/C=C/CC/C=C/CCCC(O)C(O)C(COC1OC(CO)C(O)C(O)C1O)NC(=O)C(O)CCCCCCCCCCCCCCCCCCCCCCCCCCCCCCCC. The molecular weight excluding hydrogens is 943 g/mol. The van der Waals surface area contributed by atoms with E-state index in [0.29, 0.717) is 19.3 Å². The average molecular weight is 1070 g/mol. The minimum absolute atomic E-state index is 0.249. The summed E-state index contributed by atoms with van der Waals surface area (Å²) in [6.07, 6.45) is 54.0. The lowest BCUT2D eigenvalue weighted by Gasteiger charge is -2.40. The van der Waals surface area contributed by atoms with E-state index in [1.54, 1.807) is 0 Å². The first-order chi connectivity index (χ1) is 36.7. The largest absolute Gasteiger partial charge is 0.394 e. The molecule has 0 aliphatic carbocycles. The second kappa shape index (κ2) is 53.2. The van der Waals surface area contributed by atoms with Crippen LogP contribution >= 0.6 is 0 Å². The highest BCUT2D eigenvalue weighted by molar-refractivity contribution is 5.80. The first kappa shape index (κ1) is 71.6. The quantitative estimate of drug-likeness (QED) is 0.0215. The second-order valence-corrected chi connectivity index (χ2v) is 22.8. The number of ether oxygens (including phenoxy) is 2. The third-order valence-electron chi connectivity index (χ3n) is 15.7. The summed E-state index contributed by atoms with van der Waals surface area (Å²) in [4.78, 5) is 13.2. The number of carbonyl (C=O) groups excluding carboxylic acids is 1. The van der Waals surface area contributed by atoms with Crippen molar-refractivity contribution in [2.45, 2.75) is 364 Å². The Bertz CT molecular complexity index is 1270. The van der Waals surface area contributed by atoms with Gasteiger partial charge in [-0.15, -0.1) is 0 Å². The molecule has 0 spiro atoms. The van der Waals surface area contributed by atoms with Crippen LogP contribution in [-0.2, 0) is 14.3 Å². The number of aliphatic hydroxyl groups excluding tert-OH is 7. The Morgan fingerprint density at radius 3 is 1.19 bits per heavy atom. The van der Waals surface area contributed by atoms with Gasteiger partial charge in [0.1, 0.15) is 36.6 Å². The van der Waals surface area contributed by atoms with Crippen LogP contribution in [0, 0.1) is 0 Å². The summed E-state index contributed by atoms with van der Waals surface area (Å²) in [7, 11) is 0. The Morgan fingerprint density at radius 2 is 0.800 bits per heavy atom. The lowest BCUT2D eigenvalue weighted by Crippen LogP contribution is -2.60. The number of rotatable bonds is 56. The van der Waals surface area contributed by atoms with Crippen LogP contribution in [0.15, 0.2) is 24.3 Å². The van der Waals surface area contributed by atoms with Gasteiger partial charge in [-0.1, -0.05) is 282 Å². The van der Waals surface area contributed by atoms with Crippen molar-refractivity contribution in [1.82, 2.24) is 5.32 Å². The van der Waals surface area contributed by atoms with Crippen LogP contribution in [0.4, 0.5) is 0 Å². The van der Waals surface area contributed by atoms with E-state index in [0.717, 1.165) is 38.5 Å². The molecule has 1 amide bonds. The van der Waals surface area contributed by atoms with Crippen LogP contribution in [0.25, 0.3) is 0 Å². The highest BCUT2D eigenvalue weighted by Gasteiger charge is 2.44. The summed E-state index contributed by atoms with van der Waals surface area (Å²) in [5, 5.41) is 76.2. The monoisotopic (exact) mass is 1070 g/mol. The van der Waals surface area contributed by atoms with Gasteiger partial charge in [0.2, 0.25) is 5.91 Å². The minimum atomic E-state index is -1.67. The zero-order valence-electron chi connectivity index (χ0n) is 48.8. The van der Waals surface area contributed by atoms with Crippen molar-refractivity contribution in [2.75, 3.05) is 13.2 Å². The Morgan fingerprint density at radius 1 is 0.453 bits per heavy atom. The van der Waals surface area contributed by atoms with Gasteiger partial charge in [-0.2, -0.15) is 0 Å². The van der Waals surface area contributed by atoms with Gasteiger partial charge in [0, 0.05) is 0 Å². The van der Waals surface area contributed by atoms with Crippen molar-refractivity contribution >= 4 is 5.91 Å². The summed E-state index contributed by atoms with van der Waals surface area (Å²) in [5.41, 5.74) is 0. The number of hydrogen-bond donors (Lipinski definition) is 8. The number of aliphatic hydroxyl groups is 7. The smallest absolute Gasteiger partial charge is 0.249 e. The summed E-state index contributed by atoms with van der Waals surface area (Å²) >= 11 is 0. The number of allylic oxidation sites excluding steroid dienone is 4. The highest BCUT2D eigenvalue weighted by atomic mass is 16.7. The summed E-state index contributed by atoms with van der Waals surface area (Å²) in [6.45, 7) is 3.47. The lowest BCUT2D eigenvalue weighted by molar-refractivity contribution is -0.303. The van der Waals surface area contributed by atoms with Gasteiger partial charge in [0.15, 0.2) is 6.29 Å². The maximum atomic E-state index is 13.2. The topological polar surface area (TPSA) is 189 Å². The zero-order valence-corrected chi connectivity index (χ0v) is 48.8. The third kappa shape index (κ3) is 41.3. The van der Waals surface area contributed by atoms with Crippen LogP contribution in [0.1, 0.15) is 309 Å². The normalized spacial score (nSPS) is 19.8. The van der Waals surface area contributed by atoms with Crippen LogP contribution in [0.3, 0.4) is 0 Å². The Kier molecular flexibility index (Phi) is 50.8. The molecule has 1 rings (SSSR count). The molecule has 1 heterocycles. The fraction of sp³-hybridized carbons (Fsp3) is 0.922. The van der Waals surface area contributed by atoms with E-state index in [-0.39, 0.29) is 12.8 Å². The summed E-state index contributed by atoms with van der Waals surface area (Å²) in [5.74, 6) is -0.704. The van der Waals surface area contributed by atoms with Crippen molar-refractivity contribution < 1.29 is 50.0 Å². The molecule has 1 saturated heterocycles. The molecule has 1 aliphatic rings. The lowest BCUT2D eigenvalue weighted by atomic mass is 9.98. The molecule has 444 valence electrons. The first-order valence-electron chi connectivity index (χ1n) is 32.2. The molecule has 1 fully saturated rings. The van der Waals surface area contributed by atoms with Gasteiger partial charge in [0.05, 0.1) is 25.4 Å². The van der Waals surface area contributed by atoms with Crippen LogP contribution in [0.2, 0.25) is 0 Å². The Labute approximate surface area is 461 Å². The van der Waals surface area contributed by atoms with E-state index in [1.165, 1.54) is 225 Å². The Balaban J connectivity index is 2.22. The van der Waals surface area contributed by atoms with Gasteiger partial charge in [0.25, 0.3) is 0 Å². The number of carbonyl (C=O) groups is 1. The zero-order chi connectivity index (χ0) is 54.7. The molecule has 0 bridgehead atoms. The number of hydrogen-bond acceptors (Lipinski definition) is 10. The number of nitrogens with one attached hydrogen (secondary N) is 1. The van der Waals surface area contributed by atoms with Gasteiger partial charge in [-0.05, 0) is 51.4 Å². The van der Waals surface area contributed by atoms with Crippen LogP contribution < -0.4 is 5.32 Å². The van der Waals surface area contributed by atoms with Crippen molar-refractivity contribution in [3.05, 3.63) is 24.3 Å². The van der Waals surface area contributed by atoms with Gasteiger partial charge in [-0.3, -0.25) is 4.79 Å². The van der Waals surface area contributed by atoms with Crippen molar-refractivity contribution in [2.24, 2.45) is 0 Å². The van der Waals surface area contributed by atoms with E-state index in [9.17, 15) is 40.5 Å². The van der Waals surface area contributed by atoms with Crippen molar-refractivity contribution in [3.8, 4) is 0 Å². The van der Waals surface area contributed by atoms with Crippen LogP contribution in [-0.4, -0.2) is 110 Å². The molecule has 1 aliphatic heterocycles. The predicted octanol–water partition coefficient (Wildman–Crippen LogP) is 14.5. The van der Waals surface area contributed by atoms with E-state index < -0.39 is 74.2 Å². The van der Waals surface area contributed by atoms with Crippen molar-refractivity contribution in [3.63, 3.8) is 0 Å². The van der Waals surface area contributed by atoms with E-state index in [1.807, 2.05) is 0 Å². The van der Waals surface area contributed by atoms with Gasteiger partial charge in [-0.25, -0.2) is 0 Å². The maximum Gasteiger partial charge on any atom is 0.249 e. The first-order valence-corrected chi connectivity index (χ1v) is 32.2. The molecule has 11 nitrogen and oxygen atoms in total. The summed E-state index contributed by atoms with van der Waals surface area (Å²) < 4.78 is 11.1.